The van der Waals surface area contributed by atoms with E-state index in [1.807, 2.05) is 36.4 Å². The molecule has 3 rings (SSSR count). The van der Waals surface area contributed by atoms with Crippen molar-refractivity contribution in [2.75, 3.05) is 28.4 Å². The molecule has 0 aliphatic carbocycles. The van der Waals surface area contributed by atoms with Gasteiger partial charge in [-0.05, 0) is 42.0 Å². The van der Waals surface area contributed by atoms with Crippen LogP contribution in [0.15, 0.2) is 47.1 Å². The van der Waals surface area contributed by atoms with E-state index < -0.39 is 0 Å². The normalized spacial score (nSPS) is 10.4. The van der Waals surface area contributed by atoms with Crippen molar-refractivity contribution < 1.29 is 23.5 Å². The number of aromatic nitrogens is 1. The number of methoxy groups -OCH3 is 4. The van der Waals surface area contributed by atoms with Gasteiger partial charge in [0, 0.05) is 11.1 Å². The van der Waals surface area contributed by atoms with Crippen molar-refractivity contribution in [2.45, 2.75) is 0 Å². The highest BCUT2D eigenvalue weighted by atomic mass is 16.5. The van der Waals surface area contributed by atoms with E-state index in [2.05, 4.69) is 5.16 Å². The summed E-state index contributed by atoms with van der Waals surface area (Å²) in [7, 11) is 6.37. The summed E-state index contributed by atoms with van der Waals surface area (Å²) in [6, 6.07) is 11.3. The summed E-state index contributed by atoms with van der Waals surface area (Å²) < 4.78 is 26.9. The zero-order chi connectivity index (χ0) is 17.8. The average molecular weight is 341 g/mol. The predicted octanol–water partition coefficient (Wildman–Crippen LogP) is 4.04. The van der Waals surface area contributed by atoms with Gasteiger partial charge in [-0.3, -0.25) is 0 Å². The van der Waals surface area contributed by atoms with E-state index in [9.17, 15) is 0 Å². The third kappa shape index (κ3) is 3.10. The van der Waals surface area contributed by atoms with Crippen molar-refractivity contribution in [2.24, 2.45) is 0 Å². The Morgan fingerprint density at radius 3 is 1.92 bits per heavy atom. The summed E-state index contributed by atoms with van der Waals surface area (Å²) in [6.45, 7) is 0. The van der Waals surface area contributed by atoms with Crippen molar-refractivity contribution >= 4 is 0 Å². The molecule has 0 unspecified atom stereocenters. The van der Waals surface area contributed by atoms with Crippen molar-refractivity contribution in [3.05, 3.63) is 42.6 Å². The van der Waals surface area contributed by atoms with Crippen LogP contribution >= 0.6 is 0 Å². The fraction of sp³-hybridized carbons (Fsp3) is 0.211. The SMILES string of the molecule is COc1ccc(-c2oncc2-c2cc(OC)c(OC)c(OC)c2)cc1. The summed E-state index contributed by atoms with van der Waals surface area (Å²) in [5, 5.41) is 3.95. The van der Waals surface area contributed by atoms with Gasteiger partial charge in [-0.1, -0.05) is 5.16 Å². The second-order valence-electron chi connectivity index (χ2n) is 5.21. The molecule has 6 nitrogen and oxygen atoms in total. The number of rotatable bonds is 6. The van der Waals surface area contributed by atoms with Crippen molar-refractivity contribution in [3.63, 3.8) is 0 Å². The van der Waals surface area contributed by atoms with Crippen LogP contribution in [0.4, 0.5) is 0 Å². The summed E-state index contributed by atoms with van der Waals surface area (Å²) in [4.78, 5) is 0. The van der Waals surface area contributed by atoms with Gasteiger partial charge in [0.15, 0.2) is 17.3 Å². The Labute approximate surface area is 145 Å². The van der Waals surface area contributed by atoms with Gasteiger partial charge in [0.25, 0.3) is 0 Å². The van der Waals surface area contributed by atoms with Crippen LogP contribution in [0.2, 0.25) is 0 Å². The lowest BCUT2D eigenvalue weighted by Gasteiger charge is -2.14. The van der Waals surface area contributed by atoms with Gasteiger partial charge in [0.2, 0.25) is 5.75 Å². The van der Waals surface area contributed by atoms with Crippen LogP contribution in [0, 0.1) is 0 Å². The molecule has 1 heterocycles. The molecule has 0 saturated heterocycles. The molecule has 1 aromatic heterocycles. The Hall–Kier alpha value is -3.15. The molecule has 0 spiro atoms. The molecular weight excluding hydrogens is 322 g/mol. The van der Waals surface area contributed by atoms with Gasteiger partial charge in [-0.25, -0.2) is 0 Å². The first kappa shape index (κ1) is 16.7. The van der Waals surface area contributed by atoms with Crippen molar-refractivity contribution in [1.29, 1.82) is 0 Å². The topological polar surface area (TPSA) is 63.0 Å². The molecule has 25 heavy (non-hydrogen) atoms. The number of nitrogens with zero attached hydrogens (tertiary/aromatic N) is 1. The monoisotopic (exact) mass is 341 g/mol. The second-order valence-corrected chi connectivity index (χ2v) is 5.21. The Balaban J connectivity index is 2.10. The minimum atomic E-state index is 0.538. The molecule has 3 aromatic rings. The average Bonchev–Trinajstić information content (AvgIpc) is 3.16. The van der Waals surface area contributed by atoms with Gasteiger partial charge < -0.3 is 23.5 Å². The van der Waals surface area contributed by atoms with E-state index >= 15 is 0 Å². The maximum Gasteiger partial charge on any atom is 0.203 e. The van der Waals surface area contributed by atoms with Crippen LogP contribution in [0.1, 0.15) is 0 Å². The van der Waals surface area contributed by atoms with Crippen LogP contribution < -0.4 is 18.9 Å². The van der Waals surface area contributed by atoms with E-state index in [1.54, 1.807) is 34.6 Å². The summed E-state index contributed by atoms with van der Waals surface area (Å²) in [6.07, 6.45) is 1.67. The van der Waals surface area contributed by atoms with E-state index in [0.717, 1.165) is 22.4 Å². The van der Waals surface area contributed by atoms with Crippen molar-refractivity contribution in [3.8, 4) is 45.4 Å². The Morgan fingerprint density at radius 1 is 0.760 bits per heavy atom. The van der Waals surface area contributed by atoms with E-state index in [-0.39, 0.29) is 0 Å². The molecule has 0 aliphatic rings. The minimum Gasteiger partial charge on any atom is -0.497 e. The molecular formula is C19H19NO5. The molecule has 2 aromatic carbocycles. The number of benzene rings is 2. The Morgan fingerprint density at radius 2 is 1.40 bits per heavy atom. The van der Waals surface area contributed by atoms with Crippen LogP contribution in [0.5, 0.6) is 23.0 Å². The molecule has 0 aliphatic heterocycles. The fourth-order valence-corrected chi connectivity index (χ4v) is 2.63. The molecule has 130 valence electrons. The molecule has 0 radical (unpaired) electrons. The van der Waals surface area contributed by atoms with Gasteiger partial charge >= 0.3 is 0 Å². The molecule has 0 amide bonds. The highest BCUT2D eigenvalue weighted by Gasteiger charge is 2.18. The third-order valence-electron chi connectivity index (χ3n) is 3.90. The van der Waals surface area contributed by atoms with Crippen molar-refractivity contribution in [1.82, 2.24) is 5.16 Å². The summed E-state index contributed by atoms with van der Waals surface area (Å²) in [5.74, 6) is 3.10. The molecule has 0 saturated carbocycles. The van der Waals surface area contributed by atoms with E-state index in [4.69, 9.17) is 23.5 Å². The smallest absolute Gasteiger partial charge is 0.203 e. The zero-order valence-electron chi connectivity index (χ0n) is 14.5. The van der Waals surface area contributed by atoms with Crippen LogP contribution in [-0.2, 0) is 0 Å². The highest BCUT2D eigenvalue weighted by molar-refractivity contribution is 5.81. The van der Waals surface area contributed by atoms with Crippen LogP contribution in [0.25, 0.3) is 22.5 Å². The molecule has 0 atom stereocenters. The van der Waals surface area contributed by atoms with E-state index in [1.165, 1.54) is 0 Å². The number of ether oxygens (including phenoxy) is 4. The molecule has 6 heteroatoms. The first-order chi connectivity index (χ1) is 12.2. The zero-order valence-corrected chi connectivity index (χ0v) is 14.5. The second kappa shape index (κ2) is 7.17. The molecule has 0 N–H and O–H groups in total. The van der Waals surface area contributed by atoms with Crippen LogP contribution in [-0.4, -0.2) is 33.6 Å². The number of hydrogen-bond donors (Lipinski definition) is 0. The van der Waals surface area contributed by atoms with Gasteiger partial charge in [0.05, 0.1) is 34.6 Å². The standard InChI is InChI=1S/C19H19NO5/c1-21-14-7-5-12(6-8-14)18-15(11-20-25-18)13-9-16(22-2)19(24-4)17(10-13)23-3/h5-11H,1-4H3. The van der Waals surface area contributed by atoms with Gasteiger partial charge in [-0.15, -0.1) is 0 Å². The largest absolute Gasteiger partial charge is 0.497 e. The molecule has 0 bridgehead atoms. The first-order valence-corrected chi connectivity index (χ1v) is 7.61. The Kier molecular flexibility index (Phi) is 4.79. The quantitative estimate of drug-likeness (QED) is 0.674. The maximum atomic E-state index is 5.48. The van der Waals surface area contributed by atoms with E-state index in [0.29, 0.717) is 23.0 Å². The maximum absolute atomic E-state index is 5.48. The molecule has 0 fully saturated rings. The first-order valence-electron chi connectivity index (χ1n) is 7.61. The minimum absolute atomic E-state index is 0.538. The third-order valence-corrected chi connectivity index (χ3v) is 3.90. The lowest BCUT2D eigenvalue weighted by atomic mass is 10.0. The fourth-order valence-electron chi connectivity index (χ4n) is 2.63. The highest BCUT2D eigenvalue weighted by Crippen LogP contribution is 2.43. The Bertz CT molecular complexity index is 830. The summed E-state index contributed by atoms with van der Waals surface area (Å²) in [5.41, 5.74) is 2.56. The predicted molar refractivity (Wildman–Crippen MR) is 93.6 cm³/mol. The lowest BCUT2D eigenvalue weighted by molar-refractivity contribution is 0.324. The van der Waals surface area contributed by atoms with Gasteiger partial charge in [0.1, 0.15) is 5.75 Å². The lowest BCUT2D eigenvalue weighted by Crippen LogP contribution is -1.95. The summed E-state index contributed by atoms with van der Waals surface area (Å²) >= 11 is 0. The number of hydrogen-bond acceptors (Lipinski definition) is 6. The van der Waals surface area contributed by atoms with Crippen LogP contribution in [0.3, 0.4) is 0 Å². The van der Waals surface area contributed by atoms with Gasteiger partial charge in [-0.2, -0.15) is 0 Å².